The largest absolute Gasteiger partial charge is 0.392 e. The second-order valence-electron chi connectivity index (χ2n) is 4.18. The van der Waals surface area contributed by atoms with Crippen molar-refractivity contribution >= 4 is 17.5 Å². The Morgan fingerprint density at radius 3 is 2.81 bits per heavy atom. The lowest BCUT2D eigenvalue weighted by Gasteiger charge is -2.26. The van der Waals surface area contributed by atoms with E-state index in [1.165, 1.54) is 5.56 Å². The average molecular weight is 236 g/mol. The van der Waals surface area contributed by atoms with E-state index in [1.807, 2.05) is 18.2 Å². The van der Waals surface area contributed by atoms with Crippen LogP contribution >= 0.6 is 11.8 Å². The Morgan fingerprint density at radius 2 is 2.06 bits per heavy atom. The number of ketones is 1. The van der Waals surface area contributed by atoms with Crippen LogP contribution in [0.1, 0.15) is 24.8 Å². The first-order chi connectivity index (χ1) is 7.75. The van der Waals surface area contributed by atoms with E-state index in [4.69, 9.17) is 0 Å². The molecular formula is C13H16O2S. The maximum atomic E-state index is 11.3. The van der Waals surface area contributed by atoms with Gasteiger partial charge in [-0.3, -0.25) is 4.79 Å². The number of carbonyl (C=O) groups is 1. The van der Waals surface area contributed by atoms with Gasteiger partial charge in [0.05, 0.1) is 6.10 Å². The lowest BCUT2D eigenvalue weighted by Crippen LogP contribution is -2.31. The summed E-state index contributed by atoms with van der Waals surface area (Å²) in [7, 11) is 0. The summed E-state index contributed by atoms with van der Waals surface area (Å²) in [5.41, 5.74) is 1.25. The highest BCUT2D eigenvalue weighted by atomic mass is 32.2. The third-order valence-electron chi connectivity index (χ3n) is 2.88. The van der Waals surface area contributed by atoms with Crippen molar-refractivity contribution in [2.75, 3.05) is 0 Å². The number of benzene rings is 1. The quantitative estimate of drug-likeness (QED) is 0.875. The number of hydrogen-bond donors (Lipinski definition) is 1. The van der Waals surface area contributed by atoms with Crippen molar-refractivity contribution in [2.24, 2.45) is 0 Å². The number of thioether (sulfide) groups is 1. The van der Waals surface area contributed by atoms with Crippen LogP contribution in [-0.4, -0.2) is 22.2 Å². The molecule has 0 aromatic heterocycles. The molecule has 0 aliphatic heterocycles. The number of Topliss-reactive ketones (excluding diaryl/α,β-unsaturated/α-hetero) is 1. The number of aliphatic hydroxyl groups is 1. The fourth-order valence-corrected chi connectivity index (χ4v) is 3.17. The van der Waals surface area contributed by atoms with Gasteiger partial charge in [-0.2, -0.15) is 11.8 Å². The predicted octanol–water partition coefficient (Wildman–Crippen LogP) is 2.40. The van der Waals surface area contributed by atoms with Gasteiger partial charge in [-0.05, 0) is 12.0 Å². The maximum Gasteiger partial charge on any atom is 0.134 e. The number of hydrogen-bond acceptors (Lipinski definition) is 3. The van der Waals surface area contributed by atoms with E-state index in [2.05, 4.69) is 12.1 Å². The Balaban J connectivity index is 1.87. The molecular weight excluding hydrogens is 220 g/mol. The standard InChI is InChI=1S/C13H16O2S/c14-11-6-7-12(15)13(8-11)16-9-10-4-2-1-3-5-10/h1-5,12-13,15H,6-9H2/t12-,13+/m1/s1. The van der Waals surface area contributed by atoms with Crippen molar-refractivity contribution in [1.29, 1.82) is 0 Å². The molecule has 1 saturated carbocycles. The highest BCUT2D eigenvalue weighted by Gasteiger charge is 2.27. The van der Waals surface area contributed by atoms with Crippen LogP contribution in [-0.2, 0) is 10.5 Å². The summed E-state index contributed by atoms with van der Waals surface area (Å²) in [5, 5.41) is 9.88. The SMILES string of the molecule is O=C1CC[C@@H](O)[C@@H](SCc2ccccc2)C1. The van der Waals surface area contributed by atoms with Crippen LogP contribution in [0.15, 0.2) is 30.3 Å². The molecule has 1 fully saturated rings. The topological polar surface area (TPSA) is 37.3 Å². The zero-order valence-corrected chi connectivity index (χ0v) is 9.95. The van der Waals surface area contributed by atoms with Crippen molar-refractivity contribution < 1.29 is 9.90 Å². The first-order valence-corrected chi connectivity index (χ1v) is 6.66. The van der Waals surface area contributed by atoms with Gasteiger partial charge in [0, 0.05) is 23.8 Å². The van der Waals surface area contributed by atoms with Crippen LogP contribution in [0.3, 0.4) is 0 Å². The van der Waals surface area contributed by atoms with Crippen molar-refractivity contribution in [3.8, 4) is 0 Å². The number of rotatable bonds is 3. The molecule has 16 heavy (non-hydrogen) atoms. The molecule has 1 aliphatic carbocycles. The molecule has 0 bridgehead atoms. The number of aliphatic hydroxyl groups excluding tert-OH is 1. The molecule has 0 heterocycles. The molecule has 0 unspecified atom stereocenters. The second kappa shape index (κ2) is 5.51. The van der Waals surface area contributed by atoms with E-state index in [0.29, 0.717) is 19.3 Å². The first kappa shape index (κ1) is 11.7. The van der Waals surface area contributed by atoms with Crippen LogP contribution in [0.5, 0.6) is 0 Å². The fraction of sp³-hybridized carbons (Fsp3) is 0.462. The zero-order chi connectivity index (χ0) is 11.4. The smallest absolute Gasteiger partial charge is 0.134 e. The van der Waals surface area contributed by atoms with E-state index in [0.717, 1.165) is 5.75 Å². The highest BCUT2D eigenvalue weighted by molar-refractivity contribution is 7.99. The van der Waals surface area contributed by atoms with Crippen LogP contribution in [0.2, 0.25) is 0 Å². The van der Waals surface area contributed by atoms with E-state index in [9.17, 15) is 9.90 Å². The van der Waals surface area contributed by atoms with Gasteiger partial charge in [0.15, 0.2) is 0 Å². The third-order valence-corrected chi connectivity index (χ3v) is 4.29. The van der Waals surface area contributed by atoms with Crippen molar-refractivity contribution in [3.05, 3.63) is 35.9 Å². The lowest BCUT2D eigenvalue weighted by atomic mass is 9.96. The monoisotopic (exact) mass is 236 g/mol. The summed E-state index contributed by atoms with van der Waals surface area (Å²) in [4.78, 5) is 11.3. The summed E-state index contributed by atoms with van der Waals surface area (Å²) in [5.74, 6) is 1.16. The Morgan fingerprint density at radius 1 is 1.31 bits per heavy atom. The van der Waals surface area contributed by atoms with Crippen molar-refractivity contribution in [3.63, 3.8) is 0 Å². The van der Waals surface area contributed by atoms with Crippen LogP contribution in [0, 0.1) is 0 Å². The van der Waals surface area contributed by atoms with Gasteiger partial charge in [0.2, 0.25) is 0 Å². The highest BCUT2D eigenvalue weighted by Crippen LogP contribution is 2.29. The third kappa shape index (κ3) is 3.09. The minimum Gasteiger partial charge on any atom is -0.392 e. The predicted molar refractivity (Wildman–Crippen MR) is 66.4 cm³/mol. The summed E-state index contributed by atoms with van der Waals surface area (Å²) in [6.45, 7) is 0. The fourth-order valence-electron chi connectivity index (χ4n) is 1.90. The molecule has 2 atom stereocenters. The van der Waals surface area contributed by atoms with Crippen LogP contribution in [0.25, 0.3) is 0 Å². The molecule has 1 N–H and O–H groups in total. The Kier molecular flexibility index (Phi) is 4.02. The van der Waals surface area contributed by atoms with Gasteiger partial charge in [-0.25, -0.2) is 0 Å². The van der Waals surface area contributed by atoms with Gasteiger partial charge in [-0.15, -0.1) is 0 Å². The molecule has 0 saturated heterocycles. The lowest BCUT2D eigenvalue weighted by molar-refractivity contribution is -0.121. The van der Waals surface area contributed by atoms with Gasteiger partial charge >= 0.3 is 0 Å². The van der Waals surface area contributed by atoms with E-state index >= 15 is 0 Å². The normalized spacial score (nSPS) is 25.7. The zero-order valence-electron chi connectivity index (χ0n) is 9.13. The van der Waals surface area contributed by atoms with Gasteiger partial charge in [0.25, 0.3) is 0 Å². The Bertz CT molecular complexity index is 350. The summed E-state index contributed by atoms with van der Waals surface area (Å²) in [6.07, 6.45) is 1.39. The van der Waals surface area contributed by atoms with Gasteiger partial charge < -0.3 is 5.11 Å². The Hall–Kier alpha value is -0.800. The molecule has 3 heteroatoms. The van der Waals surface area contributed by atoms with Gasteiger partial charge in [-0.1, -0.05) is 30.3 Å². The summed E-state index contributed by atoms with van der Waals surface area (Å²) >= 11 is 1.69. The average Bonchev–Trinajstić information content (AvgIpc) is 2.32. The van der Waals surface area contributed by atoms with Gasteiger partial charge in [0.1, 0.15) is 5.78 Å². The molecule has 1 aromatic rings. The summed E-state index contributed by atoms with van der Waals surface area (Å²) < 4.78 is 0. The minimum atomic E-state index is -0.314. The molecule has 1 aromatic carbocycles. The molecule has 0 spiro atoms. The molecule has 2 nitrogen and oxygen atoms in total. The molecule has 2 rings (SSSR count). The molecule has 0 amide bonds. The van der Waals surface area contributed by atoms with E-state index < -0.39 is 0 Å². The first-order valence-electron chi connectivity index (χ1n) is 5.61. The minimum absolute atomic E-state index is 0.0847. The molecule has 0 radical (unpaired) electrons. The van der Waals surface area contributed by atoms with Crippen LogP contribution in [0.4, 0.5) is 0 Å². The molecule has 1 aliphatic rings. The maximum absolute atomic E-state index is 11.3. The number of carbonyl (C=O) groups excluding carboxylic acids is 1. The van der Waals surface area contributed by atoms with Crippen molar-refractivity contribution in [2.45, 2.75) is 36.4 Å². The van der Waals surface area contributed by atoms with E-state index in [-0.39, 0.29) is 17.1 Å². The Labute approximate surface area is 100 Å². The van der Waals surface area contributed by atoms with Crippen LogP contribution < -0.4 is 0 Å². The van der Waals surface area contributed by atoms with E-state index in [1.54, 1.807) is 11.8 Å². The summed E-state index contributed by atoms with van der Waals surface area (Å²) in [6, 6.07) is 10.2. The molecule has 86 valence electrons. The second-order valence-corrected chi connectivity index (χ2v) is 5.41. The van der Waals surface area contributed by atoms with Crippen molar-refractivity contribution in [1.82, 2.24) is 0 Å².